The molecule has 102 valence electrons. The van der Waals surface area contributed by atoms with Crippen LogP contribution in [0.1, 0.15) is 0 Å². The predicted molar refractivity (Wildman–Crippen MR) is 79.8 cm³/mol. The highest BCUT2D eigenvalue weighted by molar-refractivity contribution is 5.81. The highest BCUT2D eigenvalue weighted by Gasteiger charge is 2.10. The zero-order valence-electron chi connectivity index (χ0n) is 11.3. The standard InChI is InChI=1S/C15H15FN4/c1-19(2)11-4-6-12(7-5-11)20-14-8-3-10(16)9-13(14)18-15(20)17/h3-9H,1-2H3,(H2,17,18). The fraction of sp³-hybridized carbons (Fsp3) is 0.133. The van der Waals surface area contributed by atoms with Gasteiger partial charge in [-0.2, -0.15) is 0 Å². The normalized spacial score (nSPS) is 10.9. The lowest BCUT2D eigenvalue weighted by atomic mass is 10.2. The number of hydrogen-bond acceptors (Lipinski definition) is 3. The molecule has 1 aromatic heterocycles. The molecular weight excluding hydrogens is 255 g/mol. The van der Waals surface area contributed by atoms with E-state index in [1.807, 2.05) is 47.8 Å². The Morgan fingerprint density at radius 2 is 1.80 bits per heavy atom. The summed E-state index contributed by atoms with van der Waals surface area (Å²) in [6, 6.07) is 12.4. The summed E-state index contributed by atoms with van der Waals surface area (Å²) in [5.74, 6) is 0.0355. The van der Waals surface area contributed by atoms with Gasteiger partial charge in [-0.15, -0.1) is 0 Å². The van der Waals surface area contributed by atoms with Gasteiger partial charge in [0.1, 0.15) is 5.82 Å². The number of rotatable bonds is 2. The summed E-state index contributed by atoms with van der Waals surface area (Å²) in [6.45, 7) is 0. The summed E-state index contributed by atoms with van der Waals surface area (Å²) in [4.78, 5) is 6.22. The van der Waals surface area contributed by atoms with Crippen LogP contribution in [0.4, 0.5) is 16.0 Å². The van der Waals surface area contributed by atoms with E-state index >= 15 is 0 Å². The minimum absolute atomic E-state index is 0.315. The molecule has 2 N–H and O–H groups in total. The second-order valence-corrected chi connectivity index (χ2v) is 4.85. The van der Waals surface area contributed by atoms with Crippen molar-refractivity contribution in [2.45, 2.75) is 0 Å². The quantitative estimate of drug-likeness (QED) is 0.779. The first kappa shape index (κ1) is 12.5. The number of aromatic nitrogens is 2. The van der Waals surface area contributed by atoms with Crippen molar-refractivity contribution in [2.75, 3.05) is 24.7 Å². The number of fused-ring (bicyclic) bond motifs is 1. The van der Waals surface area contributed by atoms with Crippen LogP contribution in [0.2, 0.25) is 0 Å². The van der Waals surface area contributed by atoms with E-state index in [2.05, 4.69) is 4.98 Å². The third-order valence-corrected chi connectivity index (χ3v) is 3.27. The molecule has 0 unspecified atom stereocenters. The molecule has 0 fully saturated rings. The molecule has 1 heterocycles. The maximum Gasteiger partial charge on any atom is 0.205 e. The smallest absolute Gasteiger partial charge is 0.205 e. The Morgan fingerprint density at radius 3 is 2.45 bits per heavy atom. The highest BCUT2D eigenvalue weighted by atomic mass is 19.1. The Kier molecular flexibility index (Phi) is 2.82. The largest absolute Gasteiger partial charge is 0.378 e. The lowest BCUT2D eigenvalue weighted by molar-refractivity contribution is 0.629. The number of hydrogen-bond donors (Lipinski definition) is 1. The second-order valence-electron chi connectivity index (χ2n) is 4.85. The molecule has 3 rings (SSSR count). The predicted octanol–water partition coefficient (Wildman–Crippen LogP) is 2.81. The second kappa shape index (κ2) is 4.52. The van der Waals surface area contributed by atoms with Crippen molar-refractivity contribution in [1.29, 1.82) is 0 Å². The molecule has 0 radical (unpaired) electrons. The Hall–Kier alpha value is -2.56. The lowest BCUT2D eigenvalue weighted by Crippen LogP contribution is -2.08. The van der Waals surface area contributed by atoms with Gasteiger partial charge in [0.2, 0.25) is 5.95 Å². The van der Waals surface area contributed by atoms with Crippen LogP contribution in [-0.4, -0.2) is 23.6 Å². The fourth-order valence-electron chi connectivity index (χ4n) is 2.24. The van der Waals surface area contributed by atoms with E-state index in [4.69, 9.17) is 5.73 Å². The Balaban J connectivity index is 2.16. The van der Waals surface area contributed by atoms with Gasteiger partial charge >= 0.3 is 0 Å². The van der Waals surface area contributed by atoms with E-state index < -0.39 is 0 Å². The average molecular weight is 270 g/mol. The topological polar surface area (TPSA) is 47.1 Å². The Morgan fingerprint density at radius 1 is 1.10 bits per heavy atom. The number of halogens is 1. The van der Waals surface area contributed by atoms with Gasteiger partial charge in [0, 0.05) is 31.5 Å². The van der Waals surface area contributed by atoms with Crippen molar-refractivity contribution in [1.82, 2.24) is 9.55 Å². The van der Waals surface area contributed by atoms with Crippen molar-refractivity contribution in [3.8, 4) is 5.69 Å². The van der Waals surface area contributed by atoms with Crippen molar-refractivity contribution in [3.05, 3.63) is 48.3 Å². The molecule has 0 aliphatic heterocycles. The number of anilines is 2. The minimum atomic E-state index is -0.315. The molecule has 2 aromatic carbocycles. The van der Waals surface area contributed by atoms with Crippen LogP contribution in [0.15, 0.2) is 42.5 Å². The van der Waals surface area contributed by atoms with Crippen molar-refractivity contribution < 1.29 is 4.39 Å². The molecule has 0 aliphatic carbocycles. The van der Waals surface area contributed by atoms with Crippen LogP contribution in [0, 0.1) is 5.82 Å². The molecule has 0 saturated carbocycles. The number of nitrogens with two attached hydrogens (primary N) is 1. The van der Waals surface area contributed by atoms with Gasteiger partial charge in [-0.05, 0) is 36.4 Å². The van der Waals surface area contributed by atoms with Crippen LogP contribution in [0.5, 0.6) is 0 Å². The zero-order chi connectivity index (χ0) is 14.3. The summed E-state index contributed by atoms with van der Waals surface area (Å²) in [6.07, 6.45) is 0. The van der Waals surface area contributed by atoms with Crippen LogP contribution >= 0.6 is 0 Å². The third kappa shape index (κ3) is 1.97. The Labute approximate surface area is 116 Å². The number of imidazole rings is 1. The monoisotopic (exact) mass is 270 g/mol. The molecule has 0 spiro atoms. The van der Waals surface area contributed by atoms with Gasteiger partial charge in [0.05, 0.1) is 11.0 Å². The molecule has 0 amide bonds. The molecule has 0 saturated heterocycles. The minimum Gasteiger partial charge on any atom is -0.378 e. The number of benzene rings is 2. The van der Waals surface area contributed by atoms with Crippen LogP contribution in [0.25, 0.3) is 16.7 Å². The van der Waals surface area contributed by atoms with E-state index in [0.717, 1.165) is 16.9 Å². The summed E-state index contributed by atoms with van der Waals surface area (Å²) >= 11 is 0. The van der Waals surface area contributed by atoms with E-state index in [0.29, 0.717) is 11.5 Å². The van der Waals surface area contributed by atoms with Crippen LogP contribution in [0.3, 0.4) is 0 Å². The van der Waals surface area contributed by atoms with Gasteiger partial charge in [-0.1, -0.05) is 0 Å². The van der Waals surface area contributed by atoms with E-state index in [-0.39, 0.29) is 5.82 Å². The van der Waals surface area contributed by atoms with Gasteiger partial charge < -0.3 is 10.6 Å². The molecule has 0 bridgehead atoms. The van der Waals surface area contributed by atoms with Crippen LogP contribution in [-0.2, 0) is 0 Å². The van der Waals surface area contributed by atoms with Gasteiger partial charge in [0.25, 0.3) is 0 Å². The van der Waals surface area contributed by atoms with Gasteiger partial charge in [0.15, 0.2) is 0 Å². The maximum atomic E-state index is 13.2. The summed E-state index contributed by atoms with van der Waals surface area (Å²) < 4.78 is 15.0. The molecule has 3 aromatic rings. The molecule has 20 heavy (non-hydrogen) atoms. The first-order valence-electron chi connectivity index (χ1n) is 6.27. The Bertz CT molecular complexity index is 759. The molecule has 4 nitrogen and oxygen atoms in total. The van der Waals surface area contributed by atoms with Crippen molar-refractivity contribution in [2.24, 2.45) is 0 Å². The van der Waals surface area contributed by atoms with Gasteiger partial charge in [-0.3, -0.25) is 4.57 Å². The highest BCUT2D eigenvalue weighted by Crippen LogP contribution is 2.25. The van der Waals surface area contributed by atoms with E-state index in [9.17, 15) is 4.39 Å². The van der Waals surface area contributed by atoms with Gasteiger partial charge in [-0.25, -0.2) is 9.37 Å². The molecule has 0 atom stereocenters. The fourth-order valence-corrected chi connectivity index (χ4v) is 2.24. The first-order valence-corrected chi connectivity index (χ1v) is 6.27. The first-order chi connectivity index (χ1) is 9.56. The number of nitrogens with zero attached hydrogens (tertiary/aromatic N) is 3. The zero-order valence-corrected chi connectivity index (χ0v) is 11.3. The summed E-state index contributed by atoms with van der Waals surface area (Å²) in [5, 5.41) is 0. The van der Waals surface area contributed by atoms with Crippen LogP contribution < -0.4 is 10.6 Å². The van der Waals surface area contributed by atoms with Crippen molar-refractivity contribution >= 4 is 22.7 Å². The van der Waals surface area contributed by atoms with E-state index in [1.54, 1.807) is 6.07 Å². The SMILES string of the molecule is CN(C)c1ccc(-n2c(N)nc3cc(F)ccc32)cc1. The number of nitrogen functional groups attached to an aromatic ring is 1. The lowest BCUT2D eigenvalue weighted by Gasteiger charge is -2.13. The average Bonchev–Trinajstić information content (AvgIpc) is 2.73. The summed E-state index contributed by atoms with van der Waals surface area (Å²) in [5.41, 5.74) is 9.30. The molecule has 0 aliphatic rings. The summed E-state index contributed by atoms with van der Waals surface area (Å²) in [7, 11) is 3.97. The van der Waals surface area contributed by atoms with Crippen molar-refractivity contribution in [3.63, 3.8) is 0 Å². The third-order valence-electron chi connectivity index (χ3n) is 3.27. The maximum absolute atomic E-state index is 13.2. The molecule has 5 heteroatoms. The molecular formula is C15H15FN4. The van der Waals surface area contributed by atoms with E-state index in [1.165, 1.54) is 12.1 Å².